The molecular weight excluding hydrogens is 230 g/mol. The number of piperidine rings is 1. The van der Waals surface area contributed by atoms with Crippen molar-refractivity contribution < 1.29 is 9.59 Å². The monoisotopic (exact) mass is 253 g/mol. The van der Waals surface area contributed by atoms with Gasteiger partial charge >= 0.3 is 0 Å². The highest BCUT2D eigenvalue weighted by Crippen LogP contribution is 2.40. The number of likely N-dealkylation sites (N-methyl/N-ethyl adjacent to an activating group) is 1. The molecule has 2 heterocycles. The number of carbonyl (C=O) groups is 2. The van der Waals surface area contributed by atoms with Crippen LogP contribution >= 0.6 is 0 Å². The number of carbonyl (C=O) groups excluding carboxylic acids is 2. The van der Waals surface area contributed by atoms with Crippen molar-refractivity contribution in [3.8, 4) is 0 Å². The molecule has 2 fully saturated rings. The molecule has 18 heavy (non-hydrogen) atoms. The summed E-state index contributed by atoms with van der Waals surface area (Å²) in [4.78, 5) is 27.2. The maximum Gasteiger partial charge on any atom is 0.236 e. The van der Waals surface area contributed by atoms with Crippen molar-refractivity contribution in [3.63, 3.8) is 0 Å². The van der Waals surface area contributed by atoms with E-state index in [2.05, 4.69) is 5.32 Å². The third-order valence-electron chi connectivity index (χ3n) is 4.21. The molecule has 5 nitrogen and oxygen atoms in total. The average Bonchev–Trinajstić information content (AvgIpc) is 2.35. The van der Waals surface area contributed by atoms with Crippen LogP contribution in [0.1, 0.15) is 26.2 Å². The predicted molar refractivity (Wildman–Crippen MR) is 69.0 cm³/mol. The summed E-state index contributed by atoms with van der Waals surface area (Å²) in [5, 5.41) is 2.90. The van der Waals surface area contributed by atoms with Crippen molar-refractivity contribution in [1.29, 1.82) is 0 Å². The minimum absolute atomic E-state index is 0.188. The fourth-order valence-electron chi connectivity index (χ4n) is 2.97. The van der Waals surface area contributed by atoms with E-state index >= 15 is 0 Å². The molecule has 0 aliphatic carbocycles. The maximum absolute atomic E-state index is 11.7. The molecule has 0 aromatic carbocycles. The van der Waals surface area contributed by atoms with Gasteiger partial charge < -0.3 is 15.1 Å². The van der Waals surface area contributed by atoms with Gasteiger partial charge in [-0.05, 0) is 19.9 Å². The summed E-state index contributed by atoms with van der Waals surface area (Å²) >= 11 is 0. The lowest BCUT2D eigenvalue weighted by molar-refractivity contribution is -0.149. The molecule has 5 heteroatoms. The topological polar surface area (TPSA) is 52.7 Å². The highest BCUT2D eigenvalue weighted by atomic mass is 16.2. The third kappa shape index (κ3) is 2.51. The van der Waals surface area contributed by atoms with E-state index in [1.165, 1.54) is 0 Å². The van der Waals surface area contributed by atoms with Crippen LogP contribution in [0.2, 0.25) is 0 Å². The van der Waals surface area contributed by atoms with Crippen molar-refractivity contribution in [1.82, 2.24) is 15.1 Å². The lowest BCUT2D eigenvalue weighted by atomic mass is 9.72. The number of nitrogens with zero attached hydrogens (tertiary/aromatic N) is 2. The van der Waals surface area contributed by atoms with E-state index in [0.29, 0.717) is 18.4 Å². The first-order valence-corrected chi connectivity index (χ1v) is 6.80. The highest BCUT2D eigenvalue weighted by molar-refractivity contribution is 5.78. The van der Waals surface area contributed by atoms with E-state index in [1.54, 1.807) is 7.05 Å². The van der Waals surface area contributed by atoms with Crippen LogP contribution in [-0.2, 0) is 9.59 Å². The number of rotatable bonds is 3. The van der Waals surface area contributed by atoms with Crippen molar-refractivity contribution in [3.05, 3.63) is 0 Å². The minimum atomic E-state index is 0.188. The van der Waals surface area contributed by atoms with Crippen LogP contribution in [0.5, 0.6) is 0 Å². The number of amides is 2. The summed E-state index contributed by atoms with van der Waals surface area (Å²) < 4.78 is 0. The molecule has 0 unspecified atom stereocenters. The average molecular weight is 253 g/mol. The summed E-state index contributed by atoms with van der Waals surface area (Å²) in [7, 11) is 1.80. The second kappa shape index (κ2) is 5.26. The Hall–Kier alpha value is -1.10. The maximum atomic E-state index is 11.7. The molecule has 0 radical (unpaired) electrons. The molecule has 0 bridgehead atoms. The summed E-state index contributed by atoms with van der Waals surface area (Å²) in [6.45, 7) is 5.81. The third-order valence-corrected chi connectivity index (χ3v) is 4.21. The predicted octanol–water partition coefficient (Wildman–Crippen LogP) is 0.0668. The van der Waals surface area contributed by atoms with Gasteiger partial charge in [0, 0.05) is 38.0 Å². The van der Waals surface area contributed by atoms with Crippen LogP contribution < -0.4 is 5.32 Å². The zero-order valence-electron chi connectivity index (χ0n) is 11.4. The standard InChI is InChI=1S/C13H23N3O2/c1-3-11(17)16-9-13(10-16)4-6-15(7-5-13)12(18)8-14-2/h14H,3-10H2,1-2H3. The minimum Gasteiger partial charge on any atom is -0.342 e. The zero-order valence-corrected chi connectivity index (χ0v) is 11.4. The van der Waals surface area contributed by atoms with Gasteiger partial charge in [-0.15, -0.1) is 0 Å². The van der Waals surface area contributed by atoms with Crippen molar-refractivity contribution in [2.45, 2.75) is 26.2 Å². The van der Waals surface area contributed by atoms with Gasteiger partial charge in [0.25, 0.3) is 0 Å². The number of likely N-dealkylation sites (tertiary alicyclic amines) is 2. The molecule has 2 amide bonds. The van der Waals surface area contributed by atoms with Crippen LogP contribution in [0.15, 0.2) is 0 Å². The number of hydrogen-bond donors (Lipinski definition) is 1. The Bertz CT molecular complexity index is 327. The Morgan fingerprint density at radius 2 is 1.72 bits per heavy atom. The van der Waals surface area contributed by atoms with E-state index in [0.717, 1.165) is 39.0 Å². The molecule has 0 atom stereocenters. The quantitative estimate of drug-likeness (QED) is 0.774. The van der Waals surface area contributed by atoms with E-state index < -0.39 is 0 Å². The summed E-state index contributed by atoms with van der Waals surface area (Å²) in [5.41, 5.74) is 0.307. The normalized spacial score (nSPS) is 21.9. The molecule has 1 N–H and O–H groups in total. The zero-order chi connectivity index (χ0) is 13.2. The highest BCUT2D eigenvalue weighted by Gasteiger charge is 2.46. The van der Waals surface area contributed by atoms with Crippen LogP contribution in [-0.4, -0.2) is 61.4 Å². The number of nitrogens with one attached hydrogen (secondary N) is 1. The first-order valence-electron chi connectivity index (χ1n) is 6.80. The smallest absolute Gasteiger partial charge is 0.236 e. The first-order chi connectivity index (χ1) is 8.60. The van der Waals surface area contributed by atoms with Gasteiger partial charge in [-0.25, -0.2) is 0 Å². The van der Waals surface area contributed by atoms with E-state index in [9.17, 15) is 9.59 Å². The molecule has 2 rings (SSSR count). The van der Waals surface area contributed by atoms with Crippen LogP contribution in [0.4, 0.5) is 0 Å². The van der Waals surface area contributed by atoms with Gasteiger partial charge in [0.2, 0.25) is 11.8 Å². The Balaban J connectivity index is 1.78. The van der Waals surface area contributed by atoms with Crippen molar-refractivity contribution >= 4 is 11.8 Å². The van der Waals surface area contributed by atoms with Crippen LogP contribution in [0.25, 0.3) is 0 Å². The first kappa shape index (κ1) is 13.3. The number of hydrogen-bond acceptors (Lipinski definition) is 3. The Kier molecular flexibility index (Phi) is 3.90. The van der Waals surface area contributed by atoms with Gasteiger partial charge in [-0.1, -0.05) is 6.92 Å². The van der Waals surface area contributed by atoms with E-state index in [4.69, 9.17) is 0 Å². The summed E-state index contributed by atoms with van der Waals surface area (Å²) in [6.07, 6.45) is 2.68. The van der Waals surface area contributed by atoms with Gasteiger partial charge in [0.15, 0.2) is 0 Å². The lowest BCUT2D eigenvalue weighted by Crippen LogP contribution is -2.62. The van der Waals surface area contributed by atoms with Gasteiger partial charge in [0.05, 0.1) is 6.54 Å². The molecule has 2 aliphatic heterocycles. The Morgan fingerprint density at radius 3 is 2.22 bits per heavy atom. The second-order valence-electron chi connectivity index (χ2n) is 5.51. The Morgan fingerprint density at radius 1 is 1.11 bits per heavy atom. The summed E-state index contributed by atoms with van der Waals surface area (Å²) in [6, 6.07) is 0. The summed E-state index contributed by atoms with van der Waals surface area (Å²) in [5.74, 6) is 0.447. The lowest BCUT2D eigenvalue weighted by Gasteiger charge is -2.54. The second-order valence-corrected chi connectivity index (χ2v) is 5.51. The molecule has 102 valence electrons. The molecule has 2 saturated heterocycles. The van der Waals surface area contributed by atoms with E-state index in [-0.39, 0.29) is 11.8 Å². The van der Waals surface area contributed by atoms with Crippen molar-refractivity contribution in [2.75, 3.05) is 39.8 Å². The largest absolute Gasteiger partial charge is 0.342 e. The molecule has 2 aliphatic rings. The molecule has 0 aromatic heterocycles. The van der Waals surface area contributed by atoms with E-state index in [1.807, 2.05) is 16.7 Å². The molecule has 1 spiro atoms. The van der Waals surface area contributed by atoms with Gasteiger partial charge in [-0.3, -0.25) is 9.59 Å². The Labute approximate surface area is 108 Å². The fourth-order valence-corrected chi connectivity index (χ4v) is 2.97. The SMILES string of the molecule is CCC(=O)N1CC2(CCN(C(=O)CNC)CC2)C1. The molecular formula is C13H23N3O2. The van der Waals surface area contributed by atoms with Gasteiger partial charge in [0.1, 0.15) is 0 Å². The van der Waals surface area contributed by atoms with Crippen LogP contribution in [0, 0.1) is 5.41 Å². The molecule has 0 saturated carbocycles. The van der Waals surface area contributed by atoms with Crippen LogP contribution in [0.3, 0.4) is 0 Å². The fraction of sp³-hybridized carbons (Fsp3) is 0.846. The van der Waals surface area contributed by atoms with Crippen molar-refractivity contribution in [2.24, 2.45) is 5.41 Å². The molecule has 0 aromatic rings. The van der Waals surface area contributed by atoms with Gasteiger partial charge in [-0.2, -0.15) is 0 Å².